The normalized spacial score (nSPS) is 17.0. The smallest absolute Gasteiger partial charge is 0.295 e. The molecule has 0 atom stereocenters. The minimum Gasteiger partial charge on any atom is -0.345 e. The first kappa shape index (κ1) is 47.2. The van der Waals surface area contributed by atoms with Crippen molar-refractivity contribution in [2.45, 2.75) is 83.8 Å². The Bertz CT molecular complexity index is 3250. The van der Waals surface area contributed by atoms with Gasteiger partial charge in [0.25, 0.3) is 40.5 Å². The number of allylic oxidation sites excluding steroid dienone is 6. The molecule has 16 nitrogen and oxygen atoms in total. The molecule has 334 valence electrons. The number of nitrogens with one attached hydrogen (secondary N) is 1. The van der Waals surface area contributed by atoms with Crippen LogP contribution in [0.25, 0.3) is 21.5 Å². The summed E-state index contributed by atoms with van der Waals surface area (Å²) >= 11 is 0. The Balaban J connectivity index is 1.39. The monoisotopic (exact) mass is 940 g/mol. The fraction of sp³-hybridized carbons (Fsp3) is 0.302. The van der Waals surface area contributed by atoms with Crippen LogP contribution in [0, 0.1) is 12.3 Å². The summed E-state index contributed by atoms with van der Waals surface area (Å²) in [4.78, 5) is 11.4. The van der Waals surface area contributed by atoms with Gasteiger partial charge in [0.15, 0.2) is 5.71 Å². The minimum absolute atomic E-state index is 0.0481. The van der Waals surface area contributed by atoms with Crippen LogP contribution in [0.4, 0.5) is 11.4 Å². The maximum absolute atomic E-state index is 12.5. The molecule has 0 aromatic heterocycles. The lowest BCUT2D eigenvalue weighted by atomic mass is 9.79. The Labute approximate surface area is 366 Å². The van der Waals surface area contributed by atoms with Gasteiger partial charge in [0.05, 0.1) is 21.8 Å². The van der Waals surface area contributed by atoms with Gasteiger partial charge in [-0.15, -0.1) is 6.42 Å². The van der Waals surface area contributed by atoms with E-state index >= 15 is 0 Å². The highest BCUT2D eigenvalue weighted by molar-refractivity contribution is 7.87. The van der Waals surface area contributed by atoms with E-state index in [-0.39, 0.29) is 40.4 Å². The van der Waals surface area contributed by atoms with Crippen molar-refractivity contribution >= 4 is 85.0 Å². The molecule has 1 amide bonds. The molecule has 2 heterocycles. The molecule has 4 aromatic carbocycles. The Hall–Kier alpha value is -5.24. The van der Waals surface area contributed by atoms with Crippen molar-refractivity contribution < 1.29 is 61.3 Å². The summed E-state index contributed by atoms with van der Waals surface area (Å²) < 4.78 is 141. The molecule has 0 unspecified atom stereocenters. The summed E-state index contributed by atoms with van der Waals surface area (Å²) in [5.41, 5.74) is 2.04. The summed E-state index contributed by atoms with van der Waals surface area (Å²) in [5.74, 6) is 2.19. The quantitative estimate of drug-likeness (QED) is 0.0316. The molecule has 0 fully saturated rings. The maximum Gasteiger partial charge on any atom is 0.295 e. The Morgan fingerprint density at radius 3 is 1.81 bits per heavy atom. The van der Waals surface area contributed by atoms with Crippen molar-refractivity contribution in [2.75, 3.05) is 25.0 Å². The number of amides is 1. The molecule has 5 N–H and O–H groups in total. The van der Waals surface area contributed by atoms with Crippen molar-refractivity contribution in [3.8, 4) is 12.3 Å². The van der Waals surface area contributed by atoms with E-state index in [2.05, 4.69) is 11.2 Å². The van der Waals surface area contributed by atoms with Gasteiger partial charge >= 0.3 is 0 Å². The first-order chi connectivity index (χ1) is 29.1. The number of carbonyl (C=O) groups excluding carboxylic acids is 1. The summed E-state index contributed by atoms with van der Waals surface area (Å²) in [5, 5.41) is 3.13. The average Bonchev–Trinajstić information content (AvgIpc) is 3.51. The SMILES string of the molecule is C#CCNC(=O)CCCCCN1/C(=C/C=C/C=C/C2=[N+](C)c3ccc4c(S(=O)(=O)O)cc(S(=O)(=O)O)cc4c3C2(C)C)C(C)(C)c2c1ccc1c(S(=O)(=O)O)cc(S(=O)(=O)O)cc21. The third kappa shape index (κ3) is 9.10. The van der Waals surface area contributed by atoms with E-state index in [0.29, 0.717) is 60.4 Å². The van der Waals surface area contributed by atoms with E-state index in [1.165, 1.54) is 24.3 Å². The largest absolute Gasteiger partial charge is 0.345 e. The minimum atomic E-state index is -4.95. The number of unbranched alkanes of at least 4 members (excludes halogenated alkanes) is 2. The lowest BCUT2D eigenvalue weighted by Crippen LogP contribution is -2.27. The van der Waals surface area contributed by atoms with Gasteiger partial charge in [-0.2, -0.15) is 38.2 Å². The standard InChI is InChI=1S/C43H45N3O13S4/c1-7-21-44-39(47)16-12-9-13-22-46-34-20-18-30-32(24-28(61(51,52)53)26-36(30)63(57,58)59)41(34)43(4,5)38(46)15-11-8-10-14-37-42(2,3)40-31-23-27(60(48,49)50)25-35(62(54,55)56)29(31)17-19-33(40)45(37)6/h1,8,10-11,14-15,17-20,23-26H,9,12-13,16,21-22H2,2-6H3,(H4-,44,47,48,49,50,51,52,53,54,55,56,57,58,59)/p+1. The molecule has 0 saturated carbocycles. The van der Waals surface area contributed by atoms with E-state index in [1.54, 1.807) is 37.4 Å². The number of hydrogen-bond acceptors (Lipinski definition) is 10. The molecule has 20 heteroatoms. The molecular formula is C43H46N3O13S4+. The van der Waals surface area contributed by atoms with Gasteiger partial charge in [-0.3, -0.25) is 23.0 Å². The maximum atomic E-state index is 12.5. The van der Waals surface area contributed by atoms with Crippen LogP contribution in [0.1, 0.15) is 64.5 Å². The van der Waals surface area contributed by atoms with Gasteiger partial charge in [-0.05, 0) is 85.5 Å². The van der Waals surface area contributed by atoms with E-state index in [0.717, 1.165) is 11.4 Å². The van der Waals surface area contributed by atoms with Crippen LogP contribution in [0.5, 0.6) is 0 Å². The lowest BCUT2D eigenvalue weighted by Gasteiger charge is -2.27. The Kier molecular flexibility index (Phi) is 12.5. The molecule has 6 rings (SSSR count). The van der Waals surface area contributed by atoms with Gasteiger partial charge in [0, 0.05) is 58.2 Å². The van der Waals surface area contributed by atoms with Crippen LogP contribution >= 0.6 is 0 Å². The second-order valence-corrected chi connectivity index (χ2v) is 21.9. The second-order valence-electron chi connectivity index (χ2n) is 16.3. The number of carbonyl (C=O) groups is 1. The number of fused-ring (bicyclic) bond motifs is 6. The highest BCUT2D eigenvalue weighted by Gasteiger charge is 2.45. The summed E-state index contributed by atoms with van der Waals surface area (Å²) in [6.07, 6.45) is 16.3. The van der Waals surface area contributed by atoms with Crippen LogP contribution in [0.3, 0.4) is 0 Å². The summed E-state index contributed by atoms with van der Waals surface area (Å²) in [6, 6.07) is 10.0. The van der Waals surface area contributed by atoms with Crippen molar-refractivity contribution in [3.05, 3.63) is 95.7 Å². The van der Waals surface area contributed by atoms with Gasteiger partial charge in [0.1, 0.15) is 16.8 Å². The number of anilines is 1. The van der Waals surface area contributed by atoms with Crippen molar-refractivity contribution in [1.29, 1.82) is 0 Å². The third-order valence-electron chi connectivity index (χ3n) is 11.5. The van der Waals surface area contributed by atoms with Crippen LogP contribution < -0.4 is 10.2 Å². The molecule has 0 radical (unpaired) electrons. The zero-order valence-corrected chi connectivity index (χ0v) is 38.1. The van der Waals surface area contributed by atoms with E-state index in [4.69, 9.17) is 6.42 Å². The zero-order chi connectivity index (χ0) is 46.7. The zero-order valence-electron chi connectivity index (χ0n) is 34.8. The molecule has 2 aliphatic rings. The molecule has 63 heavy (non-hydrogen) atoms. The van der Waals surface area contributed by atoms with Gasteiger partial charge in [0.2, 0.25) is 11.6 Å². The first-order valence-corrected chi connectivity index (χ1v) is 25.1. The number of benzene rings is 4. The van der Waals surface area contributed by atoms with Crippen molar-refractivity contribution in [2.24, 2.45) is 0 Å². The highest BCUT2D eigenvalue weighted by Crippen LogP contribution is 2.52. The van der Waals surface area contributed by atoms with Gasteiger partial charge < -0.3 is 10.2 Å². The molecule has 0 aliphatic carbocycles. The van der Waals surface area contributed by atoms with E-state index < -0.39 is 70.9 Å². The van der Waals surface area contributed by atoms with Crippen LogP contribution in [-0.4, -0.2) is 88.2 Å². The van der Waals surface area contributed by atoms with Gasteiger partial charge in [-0.1, -0.05) is 50.5 Å². The van der Waals surface area contributed by atoms with Crippen LogP contribution in [0.2, 0.25) is 0 Å². The lowest BCUT2D eigenvalue weighted by molar-refractivity contribution is -0.401. The highest BCUT2D eigenvalue weighted by atomic mass is 32.2. The fourth-order valence-corrected chi connectivity index (χ4v) is 11.4. The van der Waals surface area contributed by atoms with Crippen molar-refractivity contribution in [3.63, 3.8) is 0 Å². The number of nitrogens with zero attached hydrogens (tertiary/aromatic N) is 2. The average molecular weight is 941 g/mol. The number of hydrogen-bond donors (Lipinski definition) is 5. The van der Waals surface area contributed by atoms with Crippen molar-refractivity contribution in [1.82, 2.24) is 5.32 Å². The molecule has 4 aromatic rings. The third-order valence-corrected chi connectivity index (χ3v) is 14.9. The Morgan fingerprint density at radius 2 is 1.27 bits per heavy atom. The molecule has 0 spiro atoms. The molecule has 2 aliphatic heterocycles. The molecule has 0 saturated heterocycles. The first-order valence-electron chi connectivity index (χ1n) is 19.4. The van der Waals surface area contributed by atoms with Crippen LogP contribution in [-0.2, 0) is 56.1 Å². The predicted octanol–water partition coefficient (Wildman–Crippen LogP) is 6.09. The molecular weight excluding hydrogens is 895 g/mol. The van der Waals surface area contributed by atoms with Crippen LogP contribution in [0.15, 0.2) is 104 Å². The summed E-state index contributed by atoms with van der Waals surface area (Å²) in [6.45, 7) is 8.03. The fourth-order valence-electron chi connectivity index (χ4n) is 8.73. The number of terminal acetylenes is 1. The Morgan fingerprint density at radius 1 is 0.714 bits per heavy atom. The van der Waals surface area contributed by atoms with E-state index in [9.17, 15) is 56.7 Å². The molecule has 0 bridgehead atoms. The van der Waals surface area contributed by atoms with E-state index in [1.807, 2.05) is 49.3 Å². The van der Waals surface area contributed by atoms with Gasteiger partial charge in [-0.25, -0.2) is 0 Å². The predicted molar refractivity (Wildman–Crippen MR) is 238 cm³/mol. The number of rotatable bonds is 14. The summed E-state index contributed by atoms with van der Waals surface area (Å²) in [7, 11) is -17.9. The second kappa shape index (κ2) is 16.7. The topological polar surface area (TPSA) is 253 Å².